The summed E-state index contributed by atoms with van der Waals surface area (Å²) < 4.78 is 0. The van der Waals surface area contributed by atoms with E-state index in [4.69, 9.17) is 0 Å². The molecule has 3 N–H and O–H groups in total. The molecular weight excluding hydrogens is 210 g/mol. The average molecular weight is 221 g/mol. The van der Waals surface area contributed by atoms with Gasteiger partial charge in [-0.05, 0) is 12.1 Å². The number of carbonyl (C=O) groups is 2. The van der Waals surface area contributed by atoms with Gasteiger partial charge in [-0.25, -0.2) is 0 Å². The number of hydrogen-bond acceptors (Lipinski definition) is 3. The molecule has 1 aliphatic heterocycles. The Morgan fingerprint density at radius 1 is 1.44 bits per heavy atom. The molecule has 0 unspecified atom stereocenters. The Bertz CT molecular complexity index is 480. The highest BCUT2D eigenvalue weighted by atomic mass is 16.2. The van der Waals surface area contributed by atoms with Gasteiger partial charge < -0.3 is 15.6 Å². The van der Waals surface area contributed by atoms with Gasteiger partial charge in [0, 0.05) is 19.2 Å². The van der Waals surface area contributed by atoms with E-state index in [1.165, 1.54) is 12.3 Å². The highest BCUT2D eigenvalue weighted by molar-refractivity contribution is 5.94. The first-order chi connectivity index (χ1) is 7.66. The smallest absolute Gasteiger partial charge is 0.260 e. The van der Waals surface area contributed by atoms with Gasteiger partial charge in [0.25, 0.3) is 11.5 Å². The summed E-state index contributed by atoms with van der Waals surface area (Å²) in [6.07, 6.45) is 1.72. The van der Waals surface area contributed by atoms with E-state index in [9.17, 15) is 14.4 Å². The molecule has 1 saturated heterocycles. The molecule has 16 heavy (non-hydrogen) atoms. The lowest BCUT2D eigenvalue weighted by molar-refractivity contribution is -0.119. The normalized spacial score (nSPS) is 19.2. The number of nitrogens with one attached hydrogen (secondary N) is 3. The summed E-state index contributed by atoms with van der Waals surface area (Å²) in [4.78, 5) is 36.3. The van der Waals surface area contributed by atoms with Crippen LogP contribution in [0.1, 0.15) is 16.8 Å². The first-order valence-corrected chi connectivity index (χ1v) is 4.92. The lowest BCUT2D eigenvalue weighted by Crippen LogP contribution is -2.38. The summed E-state index contributed by atoms with van der Waals surface area (Å²) in [6.45, 7) is 0.412. The van der Waals surface area contributed by atoms with E-state index in [0.717, 1.165) is 0 Å². The van der Waals surface area contributed by atoms with Crippen molar-refractivity contribution in [3.8, 4) is 0 Å². The molecule has 2 heterocycles. The van der Waals surface area contributed by atoms with Crippen LogP contribution < -0.4 is 16.2 Å². The van der Waals surface area contributed by atoms with Gasteiger partial charge in [0.15, 0.2) is 0 Å². The zero-order valence-corrected chi connectivity index (χ0v) is 8.45. The molecule has 6 heteroatoms. The molecule has 2 amide bonds. The van der Waals surface area contributed by atoms with Crippen LogP contribution in [-0.4, -0.2) is 29.4 Å². The zero-order chi connectivity index (χ0) is 11.5. The fraction of sp³-hybridized carbons (Fsp3) is 0.300. The topological polar surface area (TPSA) is 91.1 Å². The van der Waals surface area contributed by atoms with E-state index < -0.39 is 11.5 Å². The maximum atomic E-state index is 11.7. The van der Waals surface area contributed by atoms with Gasteiger partial charge in [-0.3, -0.25) is 14.4 Å². The summed E-state index contributed by atoms with van der Waals surface area (Å²) >= 11 is 0. The molecule has 6 nitrogen and oxygen atoms in total. The second kappa shape index (κ2) is 4.18. The molecule has 0 aliphatic carbocycles. The van der Waals surface area contributed by atoms with Crippen LogP contribution in [0.15, 0.2) is 23.1 Å². The highest BCUT2D eigenvalue weighted by Gasteiger charge is 2.23. The van der Waals surface area contributed by atoms with Crippen LogP contribution in [0.25, 0.3) is 0 Å². The number of hydrogen-bond donors (Lipinski definition) is 3. The summed E-state index contributed by atoms with van der Waals surface area (Å²) in [5.74, 6) is -0.546. The van der Waals surface area contributed by atoms with Crippen molar-refractivity contribution < 1.29 is 9.59 Å². The van der Waals surface area contributed by atoms with Crippen molar-refractivity contribution in [2.45, 2.75) is 12.5 Å². The zero-order valence-electron chi connectivity index (χ0n) is 8.45. The lowest BCUT2D eigenvalue weighted by atomic mass is 10.2. The molecule has 1 fully saturated rings. The molecule has 0 spiro atoms. The van der Waals surface area contributed by atoms with E-state index in [1.54, 1.807) is 6.07 Å². The van der Waals surface area contributed by atoms with E-state index in [-0.39, 0.29) is 23.9 Å². The third kappa shape index (κ3) is 2.10. The maximum Gasteiger partial charge on any atom is 0.260 e. The monoisotopic (exact) mass is 221 g/mol. The maximum absolute atomic E-state index is 11.7. The molecule has 1 aromatic heterocycles. The van der Waals surface area contributed by atoms with Crippen LogP contribution >= 0.6 is 0 Å². The van der Waals surface area contributed by atoms with Crippen LogP contribution in [0, 0.1) is 0 Å². The minimum atomic E-state index is -0.455. The number of H-pyrrole nitrogens is 1. The minimum Gasteiger partial charge on any atom is -0.354 e. The molecule has 0 saturated carbocycles. The molecule has 1 atom stereocenters. The molecule has 0 aromatic carbocycles. The van der Waals surface area contributed by atoms with Crippen LogP contribution in [0.2, 0.25) is 0 Å². The van der Waals surface area contributed by atoms with Gasteiger partial charge in [-0.15, -0.1) is 0 Å². The van der Waals surface area contributed by atoms with E-state index in [0.29, 0.717) is 6.54 Å². The first-order valence-electron chi connectivity index (χ1n) is 4.92. The van der Waals surface area contributed by atoms with Gasteiger partial charge in [0.1, 0.15) is 5.56 Å². The quantitative estimate of drug-likeness (QED) is 0.597. The third-order valence-corrected chi connectivity index (χ3v) is 2.38. The molecule has 0 radical (unpaired) electrons. The Hall–Kier alpha value is -2.11. The van der Waals surface area contributed by atoms with Crippen LogP contribution in [0.3, 0.4) is 0 Å². The highest BCUT2D eigenvalue weighted by Crippen LogP contribution is 2.00. The van der Waals surface area contributed by atoms with E-state index >= 15 is 0 Å². The Morgan fingerprint density at radius 2 is 2.25 bits per heavy atom. The SMILES string of the molecule is O=C1C[C@H](NC(=O)c2ccc[nH]c2=O)CN1. The number of carbonyl (C=O) groups excluding carboxylic acids is 2. The lowest BCUT2D eigenvalue weighted by Gasteiger charge is -2.09. The Kier molecular flexibility index (Phi) is 2.72. The fourth-order valence-corrected chi connectivity index (χ4v) is 1.57. The first kappa shape index (κ1) is 10.4. The third-order valence-electron chi connectivity index (χ3n) is 2.38. The van der Waals surface area contributed by atoms with Crippen LogP contribution in [-0.2, 0) is 4.79 Å². The Labute approximate surface area is 91.1 Å². The van der Waals surface area contributed by atoms with Gasteiger partial charge in [-0.2, -0.15) is 0 Å². The Morgan fingerprint density at radius 3 is 2.88 bits per heavy atom. The van der Waals surface area contributed by atoms with Gasteiger partial charge >= 0.3 is 0 Å². The predicted molar refractivity (Wildman–Crippen MR) is 55.9 cm³/mol. The molecule has 0 bridgehead atoms. The molecule has 1 aliphatic rings. The summed E-state index contributed by atoms with van der Waals surface area (Å²) in [6, 6.07) is 2.78. The van der Waals surface area contributed by atoms with Gasteiger partial charge in [0.2, 0.25) is 5.91 Å². The second-order valence-corrected chi connectivity index (χ2v) is 3.59. The number of amides is 2. The predicted octanol–water partition coefficient (Wildman–Crippen LogP) is -1.01. The van der Waals surface area contributed by atoms with E-state index in [1.807, 2.05) is 0 Å². The van der Waals surface area contributed by atoms with E-state index in [2.05, 4.69) is 15.6 Å². The minimum absolute atomic E-state index is 0.0573. The average Bonchev–Trinajstić information content (AvgIpc) is 2.64. The van der Waals surface area contributed by atoms with Crippen LogP contribution in [0.4, 0.5) is 0 Å². The van der Waals surface area contributed by atoms with Gasteiger partial charge in [-0.1, -0.05) is 0 Å². The van der Waals surface area contributed by atoms with Crippen molar-refractivity contribution in [1.29, 1.82) is 0 Å². The van der Waals surface area contributed by atoms with Crippen LogP contribution in [0.5, 0.6) is 0 Å². The second-order valence-electron chi connectivity index (χ2n) is 3.59. The number of pyridine rings is 1. The molecule has 84 valence electrons. The molecule has 1 aromatic rings. The number of aromatic nitrogens is 1. The molecule has 2 rings (SSSR count). The van der Waals surface area contributed by atoms with Crippen molar-refractivity contribution in [3.63, 3.8) is 0 Å². The summed E-state index contributed by atoms with van der Waals surface area (Å²) in [5, 5.41) is 5.23. The molecular formula is C10H11N3O3. The van der Waals surface area contributed by atoms with Crippen molar-refractivity contribution in [2.24, 2.45) is 0 Å². The van der Waals surface area contributed by atoms with Crippen molar-refractivity contribution >= 4 is 11.8 Å². The van der Waals surface area contributed by atoms with Crippen molar-refractivity contribution in [1.82, 2.24) is 15.6 Å². The summed E-state index contributed by atoms with van der Waals surface area (Å²) in [5.41, 5.74) is -0.376. The van der Waals surface area contributed by atoms with Crippen molar-refractivity contribution in [2.75, 3.05) is 6.54 Å². The number of rotatable bonds is 2. The standard InChI is InChI=1S/C10H11N3O3/c14-8-4-6(5-12-8)13-10(16)7-2-1-3-11-9(7)15/h1-3,6H,4-5H2,(H,11,15)(H,12,14)(H,13,16)/t6-/m0/s1. The van der Waals surface area contributed by atoms with Gasteiger partial charge in [0.05, 0.1) is 6.04 Å². The summed E-state index contributed by atoms with van der Waals surface area (Å²) in [7, 11) is 0. The Balaban J connectivity index is 2.06. The largest absolute Gasteiger partial charge is 0.354 e. The number of aromatic amines is 1. The fourth-order valence-electron chi connectivity index (χ4n) is 1.57. The van der Waals surface area contributed by atoms with Crippen molar-refractivity contribution in [3.05, 3.63) is 34.2 Å².